The van der Waals surface area contributed by atoms with E-state index < -0.39 is 0 Å². The van der Waals surface area contributed by atoms with Crippen LogP contribution >= 0.6 is 0 Å². The second kappa shape index (κ2) is 4.31. The first-order valence-electron chi connectivity index (χ1n) is 6.87. The summed E-state index contributed by atoms with van der Waals surface area (Å²) in [6.45, 7) is 12.5. The predicted molar refractivity (Wildman–Crippen MR) is 77.5 cm³/mol. The van der Waals surface area contributed by atoms with Gasteiger partial charge in [0.15, 0.2) is 0 Å². The van der Waals surface area contributed by atoms with Crippen molar-refractivity contribution >= 4 is 5.70 Å². The van der Waals surface area contributed by atoms with E-state index in [-0.39, 0.29) is 0 Å². The molecule has 1 heterocycles. The molecular weight excluding hydrogens is 218 g/mol. The summed E-state index contributed by atoms with van der Waals surface area (Å²) in [4.78, 5) is 2.41. The average Bonchev–Trinajstić information content (AvgIpc) is 2.35. The average molecular weight is 239 g/mol. The Morgan fingerprint density at radius 1 is 1.44 bits per heavy atom. The Morgan fingerprint density at radius 3 is 3.06 bits per heavy atom. The first-order valence-corrected chi connectivity index (χ1v) is 6.87. The van der Waals surface area contributed by atoms with Gasteiger partial charge in [-0.2, -0.15) is 0 Å². The second-order valence-electron chi connectivity index (χ2n) is 5.75. The van der Waals surface area contributed by atoms with Crippen LogP contribution in [0.5, 0.6) is 0 Å². The Kier molecular flexibility index (Phi) is 2.77. The maximum absolute atomic E-state index is 4.31. The summed E-state index contributed by atoms with van der Waals surface area (Å²) in [5.41, 5.74) is 6.93. The highest BCUT2D eigenvalue weighted by molar-refractivity contribution is 5.69. The molecule has 2 aliphatic rings. The highest BCUT2D eigenvalue weighted by Gasteiger charge is 2.31. The summed E-state index contributed by atoms with van der Waals surface area (Å²) >= 11 is 0. The molecule has 18 heavy (non-hydrogen) atoms. The topological polar surface area (TPSA) is 3.24 Å². The summed E-state index contributed by atoms with van der Waals surface area (Å²) in [6, 6.07) is 6.72. The molecule has 0 radical (unpaired) electrons. The van der Waals surface area contributed by atoms with E-state index >= 15 is 0 Å². The first-order chi connectivity index (χ1) is 8.66. The van der Waals surface area contributed by atoms with Gasteiger partial charge in [0.25, 0.3) is 0 Å². The van der Waals surface area contributed by atoms with E-state index in [1.54, 1.807) is 11.1 Å². The van der Waals surface area contributed by atoms with Crippen molar-refractivity contribution in [3.63, 3.8) is 0 Å². The largest absolute Gasteiger partial charge is 0.367 e. The molecule has 1 heteroatoms. The lowest BCUT2D eigenvalue weighted by atomic mass is 9.77. The van der Waals surface area contributed by atoms with Crippen LogP contribution in [0, 0.1) is 0 Å². The molecule has 94 valence electrons. The van der Waals surface area contributed by atoms with E-state index in [0.717, 1.165) is 13.1 Å². The molecule has 0 bridgehead atoms. The molecule has 0 amide bonds. The van der Waals surface area contributed by atoms with Gasteiger partial charge in [-0.3, -0.25) is 0 Å². The summed E-state index contributed by atoms with van der Waals surface area (Å²) in [7, 11) is 0. The summed E-state index contributed by atoms with van der Waals surface area (Å²) in [6.07, 6.45) is 3.89. The quantitative estimate of drug-likeness (QED) is 0.706. The van der Waals surface area contributed by atoms with Gasteiger partial charge < -0.3 is 4.90 Å². The van der Waals surface area contributed by atoms with Crippen LogP contribution in [0.4, 0.5) is 0 Å². The molecular formula is C17H21N. The number of hydrogen-bond acceptors (Lipinski definition) is 1. The number of hydrogen-bond donors (Lipinski definition) is 0. The molecule has 1 aromatic carbocycles. The number of rotatable bonds is 2. The van der Waals surface area contributed by atoms with Crippen molar-refractivity contribution in [3.05, 3.63) is 53.6 Å². The van der Waals surface area contributed by atoms with Gasteiger partial charge in [0.1, 0.15) is 0 Å². The molecule has 0 N–H and O–H groups in total. The SMILES string of the molecule is C=C(C)CN1CC2CCCc3cccc(c32)C1=C. The second-order valence-corrected chi connectivity index (χ2v) is 5.75. The van der Waals surface area contributed by atoms with Gasteiger partial charge in [0, 0.05) is 30.3 Å². The lowest BCUT2D eigenvalue weighted by molar-refractivity contribution is 0.353. The Balaban J connectivity index is 2.03. The third-order valence-electron chi connectivity index (χ3n) is 4.20. The zero-order chi connectivity index (χ0) is 12.7. The zero-order valence-electron chi connectivity index (χ0n) is 11.2. The minimum absolute atomic E-state index is 0.704. The van der Waals surface area contributed by atoms with Gasteiger partial charge >= 0.3 is 0 Å². The van der Waals surface area contributed by atoms with Crippen LogP contribution in [0.2, 0.25) is 0 Å². The third kappa shape index (κ3) is 1.78. The van der Waals surface area contributed by atoms with Crippen LogP contribution in [0.25, 0.3) is 5.70 Å². The number of nitrogens with zero attached hydrogens (tertiary/aromatic N) is 1. The van der Waals surface area contributed by atoms with E-state index in [4.69, 9.17) is 0 Å². The Hall–Kier alpha value is -1.50. The van der Waals surface area contributed by atoms with Gasteiger partial charge in [-0.05, 0) is 37.3 Å². The molecule has 1 aliphatic carbocycles. The van der Waals surface area contributed by atoms with Gasteiger partial charge in [0.05, 0.1) is 0 Å². The first kappa shape index (κ1) is 11.6. The van der Waals surface area contributed by atoms with Crippen molar-refractivity contribution in [1.82, 2.24) is 4.90 Å². The lowest BCUT2D eigenvalue weighted by Crippen LogP contribution is -2.35. The van der Waals surface area contributed by atoms with Crippen molar-refractivity contribution in [2.24, 2.45) is 0 Å². The van der Waals surface area contributed by atoms with Gasteiger partial charge in [-0.25, -0.2) is 0 Å². The van der Waals surface area contributed by atoms with Gasteiger partial charge in [-0.1, -0.05) is 36.9 Å². The maximum atomic E-state index is 4.31. The van der Waals surface area contributed by atoms with E-state index in [1.165, 1.54) is 36.1 Å². The molecule has 0 saturated heterocycles. The molecule has 0 fully saturated rings. The fourth-order valence-electron chi connectivity index (χ4n) is 3.46. The molecule has 0 saturated carbocycles. The Morgan fingerprint density at radius 2 is 2.28 bits per heavy atom. The predicted octanol–water partition coefficient (Wildman–Crippen LogP) is 3.97. The van der Waals surface area contributed by atoms with Gasteiger partial charge in [0.2, 0.25) is 0 Å². The summed E-state index contributed by atoms with van der Waals surface area (Å²) < 4.78 is 0. The summed E-state index contributed by atoms with van der Waals surface area (Å²) in [5, 5.41) is 0. The smallest absolute Gasteiger partial charge is 0.0383 e. The van der Waals surface area contributed by atoms with Crippen LogP contribution in [0.15, 0.2) is 36.9 Å². The normalized spacial score (nSPS) is 21.7. The minimum atomic E-state index is 0.704. The maximum Gasteiger partial charge on any atom is 0.0383 e. The third-order valence-corrected chi connectivity index (χ3v) is 4.20. The molecule has 1 nitrogen and oxygen atoms in total. The lowest BCUT2D eigenvalue weighted by Gasteiger charge is -2.41. The van der Waals surface area contributed by atoms with Crippen LogP contribution < -0.4 is 0 Å². The Labute approximate surface area is 110 Å². The molecule has 0 aromatic heterocycles. The van der Waals surface area contributed by atoms with E-state index in [9.17, 15) is 0 Å². The van der Waals surface area contributed by atoms with Crippen molar-refractivity contribution in [1.29, 1.82) is 0 Å². The highest BCUT2D eigenvalue weighted by Crippen LogP contribution is 2.42. The number of benzene rings is 1. The van der Waals surface area contributed by atoms with Crippen molar-refractivity contribution in [2.75, 3.05) is 13.1 Å². The molecule has 3 rings (SSSR count). The standard InChI is InChI=1S/C17H21N/c1-12(2)10-18-11-15-8-4-6-14-7-5-9-16(13(18)3)17(14)15/h5,7,9,15H,1,3-4,6,8,10-11H2,2H3. The van der Waals surface area contributed by atoms with Crippen molar-refractivity contribution in [2.45, 2.75) is 32.1 Å². The van der Waals surface area contributed by atoms with E-state index in [0.29, 0.717) is 5.92 Å². The van der Waals surface area contributed by atoms with Crippen LogP contribution in [-0.2, 0) is 6.42 Å². The molecule has 1 atom stereocenters. The highest BCUT2D eigenvalue weighted by atomic mass is 15.1. The molecule has 1 unspecified atom stereocenters. The van der Waals surface area contributed by atoms with E-state index in [1.807, 2.05) is 0 Å². The van der Waals surface area contributed by atoms with Crippen LogP contribution in [-0.4, -0.2) is 18.0 Å². The van der Waals surface area contributed by atoms with Crippen LogP contribution in [0.3, 0.4) is 0 Å². The molecule has 1 aliphatic heterocycles. The molecule has 1 aromatic rings. The monoisotopic (exact) mass is 239 g/mol. The summed E-state index contributed by atoms with van der Waals surface area (Å²) in [5.74, 6) is 0.704. The number of aryl methyl sites for hydroxylation is 1. The van der Waals surface area contributed by atoms with Crippen molar-refractivity contribution in [3.8, 4) is 0 Å². The zero-order valence-corrected chi connectivity index (χ0v) is 11.2. The fraction of sp³-hybridized carbons (Fsp3) is 0.412. The van der Waals surface area contributed by atoms with Crippen molar-refractivity contribution < 1.29 is 0 Å². The van der Waals surface area contributed by atoms with Crippen LogP contribution in [0.1, 0.15) is 42.4 Å². The van der Waals surface area contributed by atoms with E-state index in [2.05, 4.69) is 43.2 Å². The minimum Gasteiger partial charge on any atom is -0.367 e. The molecule has 0 spiro atoms. The Bertz CT molecular complexity index is 512. The van der Waals surface area contributed by atoms with Gasteiger partial charge in [-0.15, -0.1) is 0 Å². The fourth-order valence-corrected chi connectivity index (χ4v) is 3.46.